The van der Waals surface area contributed by atoms with Crippen LogP contribution in [0, 0.1) is 0 Å². The molecule has 0 saturated carbocycles. The van der Waals surface area contributed by atoms with Crippen molar-refractivity contribution >= 4 is 16.6 Å². The Labute approximate surface area is 34.6 Å². The first-order chi connectivity index (χ1) is 1.73. The lowest BCUT2D eigenvalue weighted by Crippen LogP contribution is -1.19. The van der Waals surface area contributed by atoms with Gasteiger partial charge in [0.1, 0.15) is 0 Å². The fourth-order valence-electron chi connectivity index (χ4n) is 0. The Hall–Kier alpha value is 0.490. The number of hydrogen-bond donors (Lipinski definition) is 1. The first-order valence-corrected chi connectivity index (χ1v) is 3.47. The van der Waals surface area contributed by atoms with E-state index in [9.17, 15) is 0 Å². The zero-order valence-corrected chi connectivity index (χ0v) is 3.93. The summed E-state index contributed by atoms with van der Waals surface area (Å²) in [5.74, 6) is 0. The van der Waals surface area contributed by atoms with E-state index in [1.54, 1.807) is 8.93 Å². The molecule has 0 heterocycles. The van der Waals surface area contributed by atoms with Gasteiger partial charge in [-0.25, -0.2) is 0 Å². The van der Waals surface area contributed by atoms with Gasteiger partial charge in [-0.2, -0.15) is 4.89 Å². The maximum absolute atomic E-state index is 9.11. The monoisotopic (exact) mass is 113 g/mol. The van der Waals surface area contributed by atoms with Gasteiger partial charge in [0.05, 0.1) is 0 Å². The van der Waals surface area contributed by atoms with Gasteiger partial charge in [-0.05, 0) is 4.57 Å². The molecule has 0 fully saturated rings. The van der Waals surface area contributed by atoms with Crippen LogP contribution in [-0.2, 0) is 4.57 Å². The third-order valence-electron chi connectivity index (χ3n) is 0. The molecule has 0 aromatic carbocycles. The van der Waals surface area contributed by atoms with Crippen molar-refractivity contribution in [3.8, 4) is 0 Å². The minimum absolute atomic E-state index is 0. The fourth-order valence-corrected chi connectivity index (χ4v) is 0. The molecular weight excluding hydrogens is 106 g/mol. The van der Waals surface area contributed by atoms with Gasteiger partial charge in [-0.3, -0.25) is 0 Å². The predicted molar refractivity (Wildman–Crippen MR) is 26.3 cm³/mol. The second-order valence-corrected chi connectivity index (χ2v) is 2.23. The molecule has 0 rings (SSSR count). The molecule has 2 nitrogen and oxygen atoms in total. The molecule has 0 aromatic heterocycles. The van der Waals surface area contributed by atoms with E-state index < -0.39 is 7.72 Å². The molecular formula is CH7O2P2+. The lowest BCUT2D eigenvalue weighted by molar-refractivity contribution is 0.519. The molecule has 1 N–H and O–H groups in total. The van der Waals surface area contributed by atoms with Gasteiger partial charge in [-0.15, -0.1) is 0 Å². The molecule has 0 aliphatic heterocycles. The molecule has 0 saturated heterocycles. The molecule has 0 radical (unpaired) electrons. The Balaban J connectivity index is 0. The lowest BCUT2D eigenvalue weighted by atomic mass is 12.0. The largest absolute Gasteiger partial charge is 0.514 e. The van der Waals surface area contributed by atoms with E-state index in [-0.39, 0.29) is 7.43 Å². The van der Waals surface area contributed by atoms with Crippen molar-refractivity contribution in [3.05, 3.63) is 0 Å². The van der Waals surface area contributed by atoms with E-state index in [1.165, 1.54) is 0 Å². The van der Waals surface area contributed by atoms with Crippen LogP contribution in [0.5, 0.6) is 0 Å². The second kappa shape index (κ2) is 4.49. The molecule has 0 amide bonds. The van der Waals surface area contributed by atoms with Crippen molar-refractivity contribution < 1.29 is 9.46 Å². The summed E-state index contributed by atoms with van der Waals surface area (Å²) in [4.78, 5) is 7.53. The Kier molecular flexibility index (Phi) is 8.16. The summed E-state index contributed by atoms with van der Waals surface area (Å²) in [5.41, 5.74) is 0. The third-order valence-corrected chi connectivity index (χ3v) is 0. The summed E-state index contributed by atoms with van der Waals surface area (Å²) in [6, 6.07) is 0. The molecule has 0 aliphatic rings. The zero-order valence-electron chi connectivity index (χ0n) is 1.88. The normalized spacial score (nSPS) is 8.80. The SMILES string of the molecule is C.O=[P+](O)P. The highest BCUT2D eigenvalue weighted by molar-refractivity contribution is 8.03. The van der Waals surface area contributed by atoms with Crippen LogP contribution in [0.3, 0.4) is 0 Å². The Morgan fingerprint density at radius 2 is 1.80 bits per heavy atom. The van der Waals surface area contributed by atoms with Crippen LogP contribution in [0.4, 0.5) is 0 Å². The molecule has 2 unspecified atom stereocenters. The minimum atomic E-state index is -1.95. The van der Waals surface area contributed by atoms with Gasteiger partial charge in [-0.1, -0.05) is 7.43 Å². The smallest absolute Gasteiger partial charge is 0.160 e. The van der Waals surface area contributed by atoms with E-state index in [4.69, 9.17) is 9.46 Å². The highest BCUT2D eigenvalue weighted by Crippen LogP contribution is 2.21. The van der Waals surface area contributed by atoms with Gasteiger partial charge in [0, 0.05) is 0 Å². The van der Waals surface area contributed by atoms with Crippen molar-refractivity contribution in [1.82, 2.24) is 0 Å². The molecule has 32 valence electrons. The van der Waals surface area contributed by atoms with Crippen LogP contribution < -0.4 is 0 Å². The second-order valence-electron chi connectivity index (χ2n) is 0.303. The first kappa shape index (κ1) is 9.09. The Bertz CT molecular complexity index is 30.6. The van der Waals surface area contributed by atoms with Crippen molar-refractivity contribution in [1.29, 1.82) is 0 Å². The maximum atomic E-state index is 9.11. The lowest BCUT2D eigenvalue weighted by Gasteiger charge is -1.35. The standard InChI is InChI=1S/CH4.H2O2P2/c;1-4(2)3/h1H4;3H2/p+1. The van der Waals surface area contributed by atoms with E-state index in [0.717, 1.165) is 0 Å². The summed E-state index contributed by atoms with van der Waals surface area (Å²) in [6.45, 7) is 0. The van der Waals surface area contributed by atoms with Gasteiger partial charge in [0.15, 0.2) is 8.93 Å². The average Bonchev–Trinajstić information content (AvgIpc) is 0.811. The fraction of sp³-hybridized carbons (Fsp3) is 1.00. The minimum Gasteiger partial charge on any atom is -0.160 e. The van der Waals surface area contributed by atoms with Crippen LogP contribution in [-0.4, -0.2) is 4.89 Å². The van der Waals surface area contributed by atoms with Crippen molar-refractivity contribution in [3.63, 3.8) is 0 Å². The predicted octanol–water partition coefficient (Wildman–Crippen LogP) is 1.15. The maximum Gasteiger partial charge on any atom is 0.514 e. The quantitative estimate of drug-likeness (QED) is 0.478. The van der Waals surface area contributed by atoms with Gasteiger partial charge >= 0.3 is 7.72 Å². The van der Waals surface area contributed by atoms with E-state index in [1.807, 2.05) is 0 Å². The highest BCUT2D eigenvalue weighted by atomic mass is 32.0. The average molecular weight is 113 g/mol. The Morgan fingerprint density at radius 1 is 1.80 bits per heavy atom. The van der Waals surface area contributed by atoms with E-state index in [2.05, 4.69) is 0 Å². The topological polar surface area (TPSA) is 37.3 Å². The summed E-state index contributed by atoms with van der Waals surface area (Å²) in [5, 5.41) is 0. The first-order valence-electron chi connectivity index (χ1n) is 0.641. The van der Waals surface area contributed by atoms with Gasteiger partial charge in [0.25, 0.3) is 0 Å². The molecule has 0 aromatic rings. The molecule has 0 spiro atoms. The summed E-state index contributed by atoms with van der Waals surface area (Å²) >= 11 is 0. The van der Waals surface area contributed by atoms with E-state index >= 15 is 0 Å². The van der Waals surface area contributed by atoms with Crippen molar-refractivity contribution in [2.24, 2.45) is 0 Å². The van der Waals surface area contributed by atoms with Crippen LogP contribution in [0.15, 0.2) is 0 Å². The summed E-state index contributed by atoms with van der Waals surface area (Å²) in [6.07, 6.45) is 0. The zero-order chi connectivity index (χ0) is 3.58. The van der Waals surface area contributed by atoms with Crippen LogP contribution in [0.25, 0.3) is 0 Å². The van der Waals surface area contributed by atoms with Crippen LogP contribution in [0.2, 0.25) is 0 Å². The number of rotatable bonds is 0. The highest BCUT2D eigenvalue weighted by Gasteiger charge is 1.86. The van der Waals surface area contributed by atoms with Crippen molar-refractivity contribution in [2.45, 2.75) is 7.43 Å². The van der Waals surface area contributed by atoms with Crippen LogP contribution in [0.1, 0.15) is 7.43 Å². The molecule has 5 heavy (non-hydrogen) atoms. The molecule has 4 heteroatoms. The Morgan fingerprint density at radius 3 is 1.80 bits per heavy atom. The van der Waals surface area contributed by atoms with E-state index in [0.29, 0.717) is 0 Å². The van der Waals surface area contributed by atoms with Crippen molar-refractivity contribution in [2.75, 3.05) is 0 Å². The number of hydrogen-bond acceptors (Lipinski definition) is 1. The summed E-state index contributed by atoms with van der Waals surface area (Å²) < 4.78 is 9.11. The third kappa shape index (κ3) is 116. The van der Waals surface area contributed by atoms with Gasteiger partial charge < -0.3 is 0 Å². The molecule has 0 aliphatic carbocycles. The van der Waals surface area contributed by atoms with Gasteiger partial charge in [0.2, 0.25) is 0 Å². The molecule has 2 atom stereocenters. The summed E-state index contributed by atoms with van der Waals surface area (Å²) in [7, 11) is -0.231. The van der Waals surface area contributed by atoms with Crippen LogP contribution >= 0.6 is 16.6 Å². The molecule has 0 bridgehead atoms.